The normalized spacial score (nSPS) is 13.2. The molecule has 0 N–H and O–H groups in total. The van der Waals surface area contributed by atoms with Crippen molar-refractivity contribution in [3.8, 4) is 33.7 Å². The van der Waals surface area contributed by atoms with E-state index in [0.29, 0.717) is 5.89 Å². The van der Waals surface area contributed by atoms with Crippen molar-refractivity contribution in [3.05, 3.63) is 181 Å². The summed E-state index contributed by atoms with van der Waals surface area (Å²) in [4.78, 5) is 7.42. The first-order valence-corrected chi connectivity index (χ1v) is 20.2. The minimum Gasteiger partial charge on any atom is -0.456 e. The van der Waals surface area contributed by atoms with Crippen molar-refractivity contribution in [2.75, 3.05) is 4.90 Å². The van der Waals surface area contributed by atoms with Gasteiger partial charge in [-0.05, 0) is 76.9 Å². The van der Waals surface area contributed by atoms with Crippen LogP contribution < -0.4 is 4.90 Å². The SMILES string of the molecule is CC1(C)c2ccccc2-c2c(N(c3ccc(-c4c5oc(-c6ccccc6)nc5cc5oc6ccccc6c45)cc3)c3ccc4c(c3)sc3ccccc34)cccc21. The Morgan fingerprint density at radius 2 is 1.25 bits per heavy atom. The second-order valence-corrected chi connectivity index (χ2v) is 16.6. The standard InChI is InChI=1S/C52H34N2O2S/c1-52(2)39-18-9-6-16-37(39)48-40(52)19-12-20-42(48)54(34-27-28-36-35-15-8-11-22-45(35)57-46(36)29-34)33-25-23-31(24-26-33)47-49-38-17-7-10-21-43(38)55-44(49)30-41-50(47)56-51(53-41)32-13-4-3-5-14-32/h3-30H,1-2H3. The first-order valence-electron chi connectivity index (χ1n) is 19.4. The maximum absolute atomic E-state index is 6.69. The summed E-state index contributed by atoms with van der Waals surface area (Å²) >= 11 is 1.85. The molecule has 270 valence electrons. The van der Waals surface area contributed by atoms with E-state index < -0.39 is 0 Å². The van der Waals surface area contributed by atoms with Crippen LogP contribution in [0.3, 0.4) is 0 Å². The zero-order valence-electron chi connectivity index (χ0n) is 31.3. The first-order chi connectivity index (χ1) is 28.0. The Kier molecular flexibility index (Phi) is 6.82. The van der Waals surface area contributed by atoms with Crippen molar-refractivity contribution in [1.29, 1.82) is 0 Å². The van der Waals surface area contributed by atoms with E-state index in [9.17, 15) is 0 Å². The second-order valence-electron chi connectivity index (χ2n) is 15.5. The van der Waals surface area contributed by atoms with Crippen LogP contribution >= 0.6 is 11.3 Å². The minimum absolute atomic E-state index is 0.125. The van der Waals surface area contributed by atoms with Crippen molar-refractivity contribution in [1.82, 2.24) is 4.98 Å². The van der Waals surface area contributed by atoms with Crippen LogP contribution in [0.25, 0.3) is 86.9 Å². The third-order valence-corrected chi connectivity index (χ3v) is 13.0. The van der Waals surface area contributed by atoms with Crippen molar-refractivity contribution in [2.24, 2.45) is 0 Å². The van der Waals surface area contributed by atoms with E-state index >= 15 is 0 Å². The molecule has 12 rings (SSSR count). The number of oxazole rings is 1. The molecule has 1 aliphatic carbocycles. The lowest BCUT2D eigenvalue weighted by Crippen LogP contribution is -2.16. The van der Waals surface area contributed by atoms with E-state index in [1.165, 1.54) is 42.4 Å². The molecule has 0 aliphatic heterocycles. The molecule has 57 heavy (non-hydrogen) atoms. The van der Waals surface area contributed by atoms with Gasteiger partial charge in [-0.2, -0.15) is 0 Å². The van der Waals surface area contributed by atoms with Gasteiger partial charge in [0.2, 0.25) is 5.89 Å². The van der Waals surface area contributed by atoms with E-state index in [-0.39, 0.29) is 5.41 Å². The van der Waals surface area contributed by atoms with Crippen LogP contribution in [0.2, 0.25) is 0 Å². The minimum atomic E-state index is -0.125. The molecule has 0 saturated heterocycles. The summed E-state index contributed by atoms with van der Waals surface area (Å²) in [7, 11) is 0. The summed E-state index contributed by atoms with van der Waals surface area (Å²) in [5.41, 5.74) is 14.6. The molecule has 0 bridgehead atoms. The molecule has 0 fully saturated rings. The van der Waals surface area contributed by atoms with Gasteiger partial charge in [0, 0.05) is 70.5 Å². The van der Waals surface area contributed by atoms with E-state index in [0.717, 1.165) is 66.8 Å². The zero-order valence-corrected chi connectivity index (χ0v) is 32.1. The van der Waals surface area contributed by atoms with Crippen LogP contribution in [0.4, 0.5) is 17.1 Å². The number of para-hydroxylation sites is 1. The Hall–Kier alpha value is -6.95. The van der Waals surface area contributed by atoms with Crippen LogP contribution in [0, 0.1) is 0 Å². The molecule has 1 aliphatic rings. The average molecular weight is 751 g/mol. The van der Waals surface area contributed by atoms with Gasteiger partial charge in [-0.1, -0.05) is 123 Å². The monoisotopic (exact) mass is 750 g/mol. The molecule has 3 aromatic heterocycles. The van der Waals surface area contributed by atoms with Crippen molar-refractivity contribution in [2.45, 2.75) is 19.3 Å². The molecule has 11 aromatic rings. The number of rotatable bonds is 5. The van der Waals surface area contributed by atoms with Gasteiger partial charge in [-0.15, -0.1) is 11.3 Å². The molecule has 0 unspecified atom stereocenters. The summed E-state index contributed by atoms with van der Waals surface area (Å²) in [6.07, 6.45) is 0. The predicted molar refractivity (Wildman–Crippen MR) is 237 cm³/mol. The molecule has 5 heteroatoms. The Balaban J connectivity index is 1.08. The van der Waals surface area contributed by atoms with Crippen LogP contribution in [-0.4, -0.2) is 4.98 Å². The van der Waals surface area contributed by atoms with Gasteiger partial charge in [0.1, 0.15) is 16.7 Å². The largest absolute Gasteiger partial charge is 0.456 e. The fourth-order valence-electron chi connectivity index (χ4n) is 9.23. The molecule has 0 saturated carbocycles. The average Bonchev–Trinajstić information content (AvgIpc) is 4.01. The van der Waals surface area contributed by atoms with Gasteiger partial charge in [0.05, 0.1) is 5.69 Å². The Bertz CT molecular complexity index is 3390. The number of nitrogens with zero attached hydrogens (tertiary/aromatic N) is 2. The number of furan rings is 1. The summed E-state index contributed by atoms with van der Waals surface area (Å²) in [6, 6.07) is 60.6. The van der Waals surface area contributed by atoms with Gasteiger partial charge >= 0.3 is 0 Å². The molecule has 4 nitrogen and oxygen atoms in total. The molecule has 3 heterocycles. The van der Waals surface area contributed by atoms with Gasteiger partial charge in [-0.3, -0.25) is 0 Å². The van der Waals surface area contributed by atoms with Crippen LogP contribution in [0.5, 0.6) is 0 Å². The lowest BCUT2D eigenvalue weighted by atomic mass is 9.82. The lowest BCUT2D eigenvalue weighted by molar-refractivity contribution is 0.621. The smallest absolute Gasteiger partial charge is 0.227 e. The fourth-order valence-corrected chi connectivity index (χ4v) is 10.4. The molecular weight excluding hydrogens is 717 g/mol. The Labute approximate surface area is 332 Å². The molecular formula is C52H34N2O2S. The summed E-state index contributed by atoms with van der Waals surface area (Å²) < 4.78 is 15.7. The quantitative estimate of drug-likeness (QED) is 0.176. The van der Waals surface area contributed by atoms with Crippen LogP contribution in [0.15, 0.2) is 179 Å². The highest BCUT2D eigenvalue weighted by Gasteiger charge is 2.37. The maximum Gasteiger partial charge on any atom is 0.227 e. The van der Waals surface area contributed by atoms with Gasteiger partial charge in [0.15, 0.2) is 5.58 Å². The van der Waals surface area contributed by atoms with E-state index in [1.807, 2.05) is 59.9 Å². The summed E-state index contributed by atoms with van der Waals surface area (Å²) in [5.74, 6) is 0.587. The number of thiophene rings is 1. The Morgan fingerprint density at radius 1 is 0.526 bits per heavy atom. The zero-order chi connectivity index (χ0) is 37.8. The highest BCUT2D eigenvalue weighted by molar-refractivity contribution is 7.25. The van der Waals surface area contributed by atoms with Crippen molar-refractivity contribution >= 4 is 81.6 Å². The molecule has 0 amide bonds. The van der Waals surface area contributed by atoms with Gasteiger partial charge in [0.25, 0.3) is 0 Å². The van der Waals surface area contributed by atoms with Gasteiger partial charge in [-0.25, -0.2) is 4.98 Å². The maximum atomic E-state index is 6.69. The lowest BCUT2D eigenvalue weighted by Gasteiger charge is -2.29. The van der Waals surface area contributed by atoms with Gasteiger partial charge < -0.3 is 13.7 Å². The number of benzene rings is 8. The fraction of sp³-hybridized carbons (Fsp3) is 0.0577. The number of hydrogen-bond donors (Lipinski definition) is 0. The number of hydrogen-bond acceptors (Lipinski definition) is 5. The highest BCUT2D eigenvalue weighted by Crippen LogP contribution is 2.54. The highest BCUT2D eigenvalue weighted by atomic mass is 32.1. The summed E-state index contributed by atoms with van der Waals surface area (Å²) in [6.45, 7) is 4.69. The van der Waals surface area contributed by atoms with Crippen molar-refractivity contribution in [3.63, 3.8) is 0 Å². The van der Waals surface area contributed by atoms with Crippen LogP contribution in [-0.2, 0) is 5.41 Å². The van der Waals surface area contributed by atoms with Crippen molar-refractivity contribution < 1.29 is 8.83 Å². The number of fused-ring (bicyclic) bond motifs is 10. The molecule has 8 aromatic carbocycles. The second kappa shape index (κ2) is 12.0. The van der Waals surface area contributed by atoms with E-state index in [2.05, 4.69) is 140 Å². The predicted octanol–water partition coefficient (Wildman–Crippen LogP) is 15.2. The van der Waals surface area contributed by atoms with E-state index in [1.54, 1.807) is 0 Å². The molecule has 0 spiro atoms. The first kappa shape index (κ1) is 32.3. The third-order valence-electron chi connectivity index (χ3n) is 11.9. The number of anilines is 3. The molecule has 0 atom stereocenters. The van der Waals surface area contributed by atoms with E-state index in [4.69, 9.17) is 13.8 Å². The number of aromatic nitrogens is 1. The van der Waals surface area contributed by atoms with Crippen LogP contribution in [0.1, 0.15) is 25.0 Å². The third kappa shape index (κ3) is 4.76. The Morgan fingerprint density at radius 3 is 2.12 bits per heavy atom. The topological polar surface area (TPSA) is 42.4 Å². The molecule has 0 radical (unpaired) electrons. The summed E-state index contributed by atoms with van der Waals surface area (Å²) in [5, 5.41) is 4.65.